The third-order valence-electron chi connectivity index (χ3n) is 3.85. The van der Waals surface area contributed by atoms with Gasteiger partial charge in [0.25, 0.3) is 5.91 Å². The number of amides is 2. The number of nitrogens with one attached hydrogen (secondary N) is 1. The van der Waals surface area contributed by atoms with Crippen LogP contribution in [-0.2, 0) is 11.3 Å². The minimum absolute atomic E-state index is 0.0326. The molecule has 2 aromatic rings. The van der Waals surface area contributed by atoms with Crippen molar-refractivity contribution in [3.63, 3.8) is 0 Å². The molecule has 0 radical (unpaired) electrons. The van der Waals surface area contributed by atoms with E-state index in [-0.39, 0.29) is 17.9 Å². The van der Waals surface area contributed by atoms with E-state index in [1.54, 1.807) is 10.3 Å². The van der Waals surface area contributed by atoms with E-state index >= 15 is 0 Å². The van der Waals surface area contributed by atoms with Gasteiger partial charge in [-0.15, -0.1) is 11.3 Å². The Labute approximate surface area is 138 Å². The molecule has 2 atom stereocenters. The summed E-state index contributed by atoms with van der Waals surface area (Å²) in [5.41, 5.74) is 6.67. The largest absolute Gasteiger partial charge is 0.339 e. The first-order valence-electron chi connectivity index (χ1n) is 7.43. The Morgan fingerprint density at radius 1 is 1.43 bits per heavy atom. The summed E-state index contributed by atoms with van der Waals surface area (Å²) in [6, 6.07) is 8.99. The Bertz CT molecular complexity index is 716. The number of benzene rings is 1. The Morgan fingerprint density at radius 3 is 2.83 bits per heavy atom. The van der Waals surface area contributed by atoms with Crippen molar-refractivity contribution in [1.29, 1.82) is 0 Å². The molecule has 2 amide bonds. The molecule has 120 valence electrons. The molecule has 1 saturated heterocycles. The van der Waals surface area contributed by atoms with Gasteiger partial charge in [0, 0.05) is 23.7 Å². The summed E-state index contributed by atoms with van der Waals surface area (Å²) in [5, 5.41) is 5.15. The smallest absolute Gasteiger partial charge is 0.271 e. The van der Waals surface area contributed by atoms with Crippen LogP contribution in [0.4, 0.5) is 5.69 Å². The molecule has 1 aliphatic heterocycles. The van der Waals surface area contributed by atoms with Crippen LogP contribution in [0.15, 0.2) is 35.7 Å². The average Bonchev–Trinajstić information content (AvgIpc) is 3.14. The first-order chi connectivity index (χ1) is 11.1. The van der Waals surface area contributed by atoms with Gasteiger partial charge in [-0.25, -0.2) is 4.98 Å². The number of hydrogen-bond acceptors (Lipinski definition) is 5. The predicted octanol–water partition coefficient (Wildman–Crippen LogP) is 1.53. The minimum Gasteiger partial charge on any atom is -0.339 e. The molecule has 3 N–H and O–H groups in total. The van der Waals surface area contributed by atoms with E-state index in [1.807, 2.05) is 37.3 Å². The predicted molar refractivity (Wildman–Crippen MR) is 89.3 cm³/mol. The first-order valence-corrected chi connectivity index (χ1v) is 8.31. The zero-order valence-corrected chi connectivity index (χ0v) is 13.5. The molecule has 23 heavy (non-hydrogen) atoms. The van der Waals surface area contributed by atoms with Crippen molar-refractivity contribution in [2.45, 2.75) is 32.0 Å². The second-order valence-electron chi connectivity index (χ2n) is 5.49. The molecular weight excluding hydrogens is 312 g/mol. The lowest BCUT2D eigenvalue weighted by molar-refractivity contribution is -0.118. The van der Waals surface area contributed by atoms with Crippen LogP contribution >= 0.6 is 11.3 Å². The molecule has 0 bridgehead atoms. The molecule has 1 aromatic heterocycles. The Balaban J connectivity index is 1.72. The van der Waals surface area contributed by atoms with Gasteiger partial charge in [0.15, 0.2) is 0 Å². The molecular formula is C16H18N4O2S. The fourth-order valence-corrected chi connectivity index (χ4v) is 3.42. The maximum atomic E-state index is 12.6. The quantitative estimate of drug-likeness (QED) is 0.890. The molecule has 1 fully saturated rings. The molecule has 6 nitrogen and oxygen atoms in total. The van der Waals surface area contributed by atoms with Crippen LogP contribution in [0, 0.1) is 0 Å². The van der Waals surface area contributed by atoms with Gasteiger partial charge in [-0.3, -0.25) is 9.59 Å². The molecule has 0 spiro atoms. The van der Waals surface area contributed by atoms with Gasteiger partial charge in [0.2, 0.25) is 5.91 Å². The summed E-state index contributed by atoms with van der Waals surface area (Å²) < 4.78 is 0. The third kappa shape index (κ3) is 3.11. The molecule has 1 aromatic carbocycles. The molecule has 0 aliphatic carbocycles. The Morgan fingerprint density at radius 2 is 2.17 bits per heavy atom. The summed E-state index contributed by atoms with van der Waals surface area (Å²) >= 11 is 1.34. The second-order valence-corrected chi connectivity index (χ2v) is 6.43. The molecule has 7 heteroatoms. The normalized spacial score (nSPS) is 20.8. The third-order valence-corrected chi connectivity index (χ3v) is 4.72. The first kappa shape index (κ1) is 15.6. The van der Waals surface area contributed by atoms with E-state index < -0.39 is 6.04 Å². The number of carbonyl (C=O) groups is 2. The lowest BCUT2D eigenvalue weighted by atomic mass is 10.2. The number of nitrogens with zero attached hydrogens (tertiary/aromatic N) is 2. The number of nitrogens with two attached hydrogens (primary N) is 1. The standard InChI is InChI=1S/C16H18N4O2S/c1-10-7-12(16(22)20(10)11-5-3-2-4-6-11)19-15(21)13-9-23-14(8-17)18-13/h2-6,9-10,12H,7-8,17H2,1H3,(H,19,21). The zero-order valence-electron chi connectivity index (χ0n) is 12.7. The van der Waals surface area contributed by atoms with E-state index in [0.29, 0.717) is 23.7 Å². The number of carbonyl (C=O) groups excluding carboxylic acids is 2. The number of rotatable bonds is 4. The van der Waals surface area contributed by atoms with Gasteiger partial charge in [0.1, 0.15) is 16.7 Å². The van der Waals surface area contributed by atoms with Gasteiger partial charge in [-0.2, -0.15) is 0 Å². The highest BCUT2D eigenvalue weighted by molar-refractivity contribution is 7.09. The number of thiazole rings is 1. The van der Waals surface area contributed by atoms with Crippen molar-refractivity contribution in [1.82, 2.24) is 10.3 Å². The fraction of sp³-hybridized carbons (Fsp3) is 0.312. The van der Waals surface area contributed by atoms with E-state index in [4.69, 9.17) is 5.73 Å². The van der Waals surface area contributed by atoms with E-state index in [2.05, 4.69) is 10.3 Å². The van der Waals surface area contributed by atoms with Gasteiger partial charge >= 0.3 is 0 Å². The van der Waals surface area contributed by atoms with Crippen LogP contribution in [0.25, 0.3) is 0 Å². The number of aromatic nitrogens is 1. The number of hydrogen-bond donors (Lipinski definition) is 2. The number of anilines is 1. The molecule has 1 aliphatic rings. The lowest BCUT2D eigenvalue weighted by Crippen LogP contribution is -2.42. The lowest BCUT2D eigenvalue weighted by Gasteiger charge is -2.21. The van der Waals surface area contributed by atoms with Crippen molar-refractivity contribution >= 4 is 28.8 Å². The summed E-state index contributed by atoms with van der Waals surface area (Å²) in [5.74, 6) is -0.423. The van der Waals surface area contributed by atoms with Gasteiger partial charge in [-0.05, 0) is 25.5 Å². The summed E-state index contributed by atoms with van der Waals surface area (Å²) in [7, 11) is 0. The highest BCUT2D eigenvalue weighted by atomic mass is 32.1. The zero-order chi connectivity index (χ0) is 16.4. The van der Waals surface area contributed by atoms with Crippen molar-refractivity contribution < 1.29 is 9.59 Å². The maximum Gasteiger partial charge on any atom is 0.271 e. The summed E-state index contributed by atoms with van der Waals surface area (Å²) in [4.78, 5) is 30.7. The SMILES string of the molecule is CC1CC(NC(=O)c2csc(CN)n2)C(=O)N1c1ccccc1. The number of para-hydroxylation sites is 1. The van der Waals surface area contributed by atoms with Crippen molar-refractivity contribution in [3.05, 3.63) is 46.4 Å². The van der Waals surface area contributed by atoms with Crippen molar-refractivity contribution in [3.8, 4) is 0 Å². The van der Waals surface area contributed by atoms with E-state index in [1.165, 1.54) is 11.3 Å². The van der Waals surface area contributed by atoms with Gasteiger partial charge in [0.05, 0.1) is 0 Å². The van der Waals surface area contributed by atoms with Gasteiger partial charge < -0.3 is 16.0 Å². The fourth-order valence-electron chi connectivity index (χ4n) is 2.76. The Hall–Kier alpha value is -2.25. The molecule has 3 rings (SSSR count). The van der Waals surface area contributed by atoms with Crippen LogP contribution in [0.5, 0.6) is 0 Å². The van der Waals surface area contributed by atoms with E-state index in [0.717, 1.165) is 5.69 Å². The van der Waals surface area contributed by atoms with Crippen molar-refractivity contribution in [2.75, 3.05) is 4.90 Å². The molecule has 2 unspecified atom stereocenters. The summed E-state index contributed by atoms with van der Waals surface area (Å²) in [6.45, 7) is 2.28. The average molecular weight is 330 g/mol. The summed E-state index contributed by atoms with van der Waals surface area (Å²) in [6.07, 6.45) is 0.577. The van der Waals surface area contributed by atoms with Crippen LogP contribution in [0.3, 0.4) is 0 Å². The van der Waals surface area contributed by atoms with Crippen LogP contribution < -0.4 is 16.0 Å². The minimum atomic E-state index is -0.527. The van der Waals surface area contributed by atoms with Crippen LogP contribution in [0.1, 0.15) is 28.8 Å². The Kier molecular flexibility index (Phi) is 4.40. The van der Waals surface area contributed by atoms with Gasteiger partial charge in [-0.1, -0.05) is 18.2 Å². The van der Waals surface area contributed by atoms with Crippen LogP contribution in [-0.4, -0.2) is 28.9 Å². The highest BCUT2D eigenvalue weighted by Crippen LogP contribution is 2.26. The van der Waals surface area contributed by atoms with Crippen LogP contribution in [0.2, 0.25) is 0 Å². The molecule has 0 saturated carbocycles. The second kappa shape index (κ2) is 6.47. The topological polar surface area (TPSA) is 88.3 Å². The monoisotopic (exact) mass is 330 g/mol. The van der Waals surface area contributed by atoms with Crippen molar-refractivity contribution in [2.24, 2.45) is 5.73 Å². The maximum absolute atomic E-state index is 12.6. The highest BCUT2D eigenvalue weighted by Gasteiger charge is 2.39. The van der Waals surface area contributed by atoms with E-state index in [9.17, 15) is 9.59 Å². The molecule has 2 heterocycles.